The van der Waals surface area contributed by atoms with Gasteiger partial charge in [0, 0.05) is 49.8 Å². The number of carbonyl (C=O) groups excluding carboxylic acids is 3. The first-order valence-corrected chi connectivity index (χ1v) is 13.7. The Morgan fingerprint density at radius 2 is 1.79 bits per heavy atom. The Hall–Kier alpha value is -3.14. The number of fused-ring (bicyclic) bond motifs is 4. The number of ketones is 1. The minimum Gasteiger partial charge on any atom is -0.450 e. The Morgan fingerprint density at radius 3 is 2.37 bits per heavy atom. The molecule has 4 heterocycles. The van der Waals surface area contributed by atoms with E-state index in [-0.39, 0.29) is 48.0 Å². The first-order valence-electron chi connectivity index (χ1n) is 13.7. The molecule has 2 atom stereocenters. The number of anilines is 1. The standard InChI is InChI=1S/C28H38FN5O4.H2/c1-4-38-27(37)34-20-6-7-21(34)15-22(14-20)32-11-9-28(10-12-32)16-33(24-8-5-19(29)13-23(24)28)26(36)31-25(17(2)30)18(3)35;/h5,8,13,20-22H,4,6-7,9-12,14-16,30H2,1-3H3,(H,31,36);1H. The van der Waals surface area contributed by atoms with Crippen molar-refractivity contribution in [2.75, 3.05) is 31.1 Å². The lowest BCUT2D eigenvalue weighted by Crippen LogP contribution is -2.55. The lowest BCUT2D eigenvalue weighted by Gasteiger charge is -2.47. The molecular weight excluding hydrogens is 489 g/mol. The summed E-state index contributed by atoms with van der Waals surface area (Å²) in [6.45, 7) is 7.27. The van der Waals surface area contributed by atoms with Gasteiger partial charge in [-0.3, -0.25) is 9.69 Å². The normalized spacial score (nSPS) is 26.7. The third kappa shape index (κ3) is 4.63. The zero-order chi connectivity index (χ0) is 27.2. The molecule has 0 radical (unpaired) electrons. The van der Waals surface area contributed by atoms with Crippen LogP contribution < -0.4 is 16.0 Å². The van der Waals surface area contributed by atoms with Crippen LogP contribution in [-0.2, 0) is 14.9 Å². The van der Waals surface area contributed by atoms with E-state index in [0.717, 1.165) is 57.2 Å². The summed E-state index contributed by atoms with van der Waals surface area (Å²) in [6, 6.07) is 5.00. The number of allylic oxidation sites excluding steroid dienone is 2. The molecule has 3 N–H and O–H groups in total. The summed E-state index contributed by atoms with van der Waals surface area (Å²) in [5.74, 6) is -0.638. The molecule has 38 heavy (non-hydrogen) atoms. The van der Waals surface area contributed by atoms with Gasteiger partial charge < -0.3 is 25.6 Å². The van der Waals surface area contributed by atoms with E-state index in [0.29, 0.717) is 24.9 Å². The third-order valence-electron chi connectivity index (χ3n) is 8.96. The third-order valence-corrected chi connectivity index (χ3v) is 8.96. The molecule has 1 spiro atoms. The van der Waals surface area contributed by atoms with Crippen molar-refractivity contribution in [1.29, 1.82) is 0 Å². The predicted molar refractivity (Wildman–Crippen MR) is 143 cm³/mol. The summed E-state index contributed by atoms with van der Waals surface area (Å²) >= 11 is 0. The quantitative estimate of drug-likeness (QED) is 0.574. The molecule has 1 aromatic carbocycles. The molecule has 1 aromatic rings. The summed E-state index contributed by atoms with van der Waals surface area (Å²) in [5, 5.41) is 2.68. The van der Waals surface area contributed by atoms with Gasteiger partial charge in [-0.1, -0.05) is 0 Å². The van der Waals surface area contributed by atoms with Crippen molar-refractivity contribution in [3.8, 4) is 0 Å². The van der Waals surface area contributed by atoms with E-state index >= 15 is 0 Å². The number of nitrogens with two attached hydrogens (primary N) is 1. The summed E-state index contributed by atoms with van der Waals surface area (Å²) in [7, 11) is 0. The molecular formula is C28H40FN5O4. The Kier molecular flexibility index (Phi) is 7.11. The van der Waals surface area contributed by atoms with Crippen LogP contribution in [0, 0.1) is 5.82 Å². The highest BCUT2D eigenvalue weighted by Gasteiger charge is 2.50. The fraction of sp³-hybridized carbons (Fsp3) is 0.607. The summed E-state index contributed by atoms with van der Waals surface area (Å²) in [6.07, 6.45) is 5.34. The summed E-state index contributed by atoms with van der Waals surface area (Å²) < 4.78 is 19.7. The molecule has 0 aliphatic carbocycles. The fourth-order valence-electron chi connectivity index (χ4n) is 7.15. The number of piperidine rings is 2. The Morgan fingerprint density at radius 1 is 1.13 bits per heavy atom. The molecule has 10 heteroatoms. The van der Waals surface area contributed by atoms with Gasteiger partial charge in [-0.05, 0) is 89.2 Å². The number of benzene rings is 1. The van der Waals surface area contributed by atoms with E-state index in [9.17, 15) is 18.8 Å². The largest absolute Gasteiger partial charge is 0.450 e. The molecule has 0 saturated carbocycles. The molecule has 9 nitrogen and oxygen atoms in total. The van der Waals surface area contributed by atoms with Crippen molar-refractivity contribution in [1.82, 2.24) is 15.1 Å². The highest BCUT2D eigenvalue weighted by atomic mass is 19.1. The first-order chi connectivity index (χ1) is 18.1. The minimum absolute atomic E-state index is 0. The number of likely N-dealkylation sites (tertiary alicyclic amines) is 1. The zero-order valence-corrected chi connectivity index (χ0v) is 22.5. The van der Waals surface area contributed by atoms with Crippen LogP contribution in [-0.4, -0.2) is 72.1 Å². The number of hydrogen-bond acceptors (Lipinski definition) is 6. The molecule has 208 valence electrons. The fourth-order valence-corrected chi connectivity index (χ4v) is 7.15. The van der Waals surface area contributed by atoms with Gasteiger partial charge in [0.15, 0.2) is 5.78 Å². The SMILES string of the molecule is CCOC(=O)N1C2CCC1CC(N1CCC3(CC1)CN(C(=O)NC(C(C)=O)=C(C)N)c1ccc(F)cc13)C2.[HH]. The van der Waals surface area contributed by atoms with E-state index in [1.54, 1.807) is 24.0 Å². The molecule has 4 aliphatic heterocycles. The van der Waals surface area contributed by atoms with Crippen LogP contribution in [0.1, 0.15) is 66.3 Å². The van der Waals surface area contributed by atoms with E-state index in [2.05, 4.69) is 10.2 Å². The van der Waals surface area contributed by atoms with Crippen LogP contribution in [0.3, 0.4) is 0 Å². The first kappa shape index (κ1) is 26.5. The zero-order valence-electron chi connectivity index (χ0n) is 22.5. The van der Waals surface area contributed by atoms with Crippen LogP contribution in [0.25, 0.3) is 0 Å². The van der Waals surface area contributed by atoms with Crippen LogP contribution in [0.5, 0.6) is 0 Å². The van der Waals surface area contributed by atoms with Gasteiger partial charge in [-0.2, -0.15) is 0 Å². The van der Waals surface area contributed by atoms with Gasteiger partial charge in [-0.25, -0.2) is 14.0 Å². The second-order valence-electron chi connectivity index (χ2n) is 11.2. The van der Waals surface area contributed by atoms with E-state index in [1.165, 1.54) is 13.0 Å². The van der Waals surface area contributed by atoms with Gasteiger partial charge in [-0.15, -0.1) is 0 Å². The van der Waals surface area contributed by atoms with Crippen LogP contribution in [0.4, 0.5) is 19.7 Å². The molecule has 5 rings (SSSR count). The monoisotopic (exact) mass is 529 g/mol. The Labute approximate surface area is 224 Å². The highest BCUT2D eigenvalue weighted by molar-refractivity contribution is 6.02. The Bertz CT molecular complexity index is 1150. The number of ether oxygens (including phenoxy) is 1. The second-order valence-corrected chi connectivity index (χ2v) is 11.2. The number of urea groups is 1. The molecule has 0 aromatic heterocycles. The minimum atomic E-state index is -0.435. The maximum absolute atomic E-state index is 14.4. The van der Waals surface area contributed by atoms with E-state index < -0.39 is 6.03 Å². The van der Waals surface area contributed by atoms with Crippen molar-refractivity contribution in [2.45, 2.75) is 82.8 Å². The molecule has 3 amide bonds. The average molecular weight is 530 g/mol. The number of halogens is 1. The van der Waals surface area contributed by atoms with E-state index in [4.69, 9.17) is 10.5 Å². The Balaban J connectivity index is 0.00000353. The predicted octanol–water partition coefficient (Wildman–Crippen LogP) is 3.87. The van der Waals surface area contributed by atoms with Crippen molar-refractivity contribution < 1.29 is 24.9 Å². The van der Waals surface area contributed by atoms with Crippen LogP contribution in [0.2, 0.25) is 0 Å². The van der Waals surface area contributed by atoms with Crippen molar-refractivity contribution in [3.63, 3.8) is 0 Å². The maximum atomic E-state index is 14.4. The van der Waals surface area contributed by atoms with Gasteiger partial charge >= 0.3 is 12.1 Å². The van der Waals surface area contributed by atoms with Crippen LogP contribution >= 0.6 is 0 Å². The van der Waals surface area contributed by atoms with Gasteiger partial charge in [0.25, 0.3) is 0 Å². The van der Waals surface area contributed by atoms with E-state index in [1.807, 2.05) is 11.8 Å². The number of carbonyl (C=O) groups is 3. The van der Waals surface area contributed by atoms with Crippen molar-refractivity contribution in [2.24, 2.45) is 5.73 Å². The maximum Gasteiger partial charge on any atom is 0.410 e. The summed E-state index contributed by atoms with van der Waals surface area (Å²) in [5.41, 5.74) is 7.33. The van der Waals surface area contributed by atoms with Crippen LogP contribution in [0.15, 0.2) is 29.6 Å². The molecule has 2 unspecified atom stereocenters. The van der Waals surface area contributed by atoms with Gasteiger partial charge in [0.05, 0.1) is 6.61 Å². The number of Topliss-reactive ketones (excluding diaryl/α,β-unsaturated/α-hetero) is 1. The smallest absolute Gasteiger partial charge is 0.410 e. The number of rotatable bonds is 4. The topological polar surface area (TPSA) is 108 Å². The number of nitrogens with zero attached hydrogens (tertiary/aromatic N) is 3. The average Bonchev–Trinajstić information content (AvgIpc) is 3.33. The van der Waals surface area contributed by atoms with Gasteiger partial charge in [0.1, 0.15) is 11.5 Å². The number of amides is 3. The molecule has 4 aliphatic rings. The van der Waals surface area contributed by atoms with Crippen molar-refractivity contribution >= 4 is 23.6 Å². The molecule has 2 bridgehead atoms. The molecule has 3 fully saturated rings. The second kappa shape index (κ2) is 10.2. The highest BCUT2D eigenvalue weighted by Crippen LogP contribution is 2.48. The number of hydrogen-bond donors (Lipinski definition) is 2. The molecule has 3 saturated heterocycles. The summed E-state index contributed by atoms with van der Waals surface area (Å²) in [4.78, 5) is 43.9. The van der Waals surface area contributed by atoms with Gasteiger partial charge in [0.2, 0.25) is 0 Å². The lowest BCUT2D eigenvalue weighted by molar-refractivity contribution is -0.113. The number of nitrogens with one attached hydrogen (secondary N) is 1. The van der Waals surface area contributed by atoms with Crippen molar-refractivity contribution in [3.05, 3.63) is 41.0 Å². The lowest BCUT2D eigenvalue weighted by atomic mass is 9.73.